The Kier molecular flexibility index (Phi) is 7.18. The standard InChI is InChI=1S/C14H23NO3/c1-12-7-6-9-13(17-2)8-4-3-5-10-15-14(16)18-11-12/h4,7-8,13H,3,5-6,9-11H2,1-2H3,(H,15,16)/b8-4+,12-7-. The lowest BCUT2D eigenvalue weighted by Gasteiger charge is -2.11. The molecule has 0 aromatic rings. The summed E-state index contributed by atoms with van der Waals surface area (Å²) in [7, 11) is 1.73. The Labute approximate surface area is 109 Å². The van der Waals surface area contributed by atoms with Gasteiger partial charge in [0.1, 0.15) is 6.61 Å². The zero-order valence-electron chi connectivity index (χ0n) is 11.3. The minimum Gasteiger partial charge on any atom is -0.445 e. The molecule has 0 aliphatic carbocycles. The van der Waals surface area contributed by atoms with E-state index < -0.39 is 0 Å². The van der Waals surface area contributed by atoms with Gasteiger partial charge in [-0.3, -0.25) is 0 Å². The first kappa shape index (κ1) is 14.8. The van der Waals surface area contributed by atoms with Crippen LogP contribution in [0, 0.1) is 0 Å². The fraction of sp³-hybridized carbons (Fsp3) is 0.643. The number of hydrogen-bond acceptors (Lipinski definition) is 3. The van der Waals surface area contributed by atoms with Crippen molar-refractivity contribution in [2.45, 2.75) is 38.7 Å². The van der Waals surface area contributed by atoms with E-state index in [1.807, 2.05) is 6.92 Å². The average Bonchev–Trinajstić information content (AvgIpc) is 2.37. The van der Waals surface area contributed by atoms with E-state index in [4.69, 9.17) is 9.47 Å². The Morgan fingerprint density at radius 2 is 2.28 bits per heavy atom. The SMILES string of the molecule is COC1/C=C/CCCNC(=O)OC/C(C)=C\CC1. The summed E-state index contributed by atoms with van der Waals surface area (Å²) < 4.78 is 10.5. The average molecular weight is 253 g/mol. The molecule has 1 aliphatic rings. The number of alkyl carbamates (subject to hydrolysis) is 1. The van der Waals surface area contributed by atoms with Crippen molar-refractivity contribution < 1.29 is 14.3 Å². The van der Waals surface area contributed by atoms with Gasteiger partial charge in [0.2, 0.25) is 0 Å². The van der Waals surface area contributed by atoms with E-state index in [-0.39, 0.29) is 12.2 Å². The molecular formula is C14H23NO3. The van der Waals surface area contributed by atoms with E-state index in [1.54, 1.807) is 7.11 Å². The van der Waals surface area contributed by atoms with Gasteiger partial charge in [-0.15, -0.1) is 0 Å². The lowest BCUT2D eigenvalue weighted by molar-refractivity contribution is 0.134. The maximum atomic E-state index is 11.3. The normalized spacial score (nSPS) is 28.2. The number of carbonyl (C=O) groups excluding carboxylic acids is 1. The molecule has 1 amide bonds. The molecule has 0 spiro atoms. The Balaban J connectivity index is 2.53. The van der Waals surface area contributed by atoms with Gasteiger partial charge in [-0.25, -0.2) is 4.79 Å². The third kappa shape index (κ3) is 6.45. The number of carbonyl (C=O) groups is 1. The van der Waals surface area contributed by atoms with Crippen LogP contribution in [-0.2, 0) is 9.47 Å². The second kappa shape index (κ2) is 8.75. The molecule has 0 aromatic carbocycles. The van der Waals surface area contributed by atoms with Gasteiger partial charge < -0.3 is 14.8 Å². The minimum absolute atomic E-state index is 0.174. The van der Waals surface area contributed by atoms with E-state index in [0.717, 1.165) is 31.3 Å². The summed E-state index contributed by atoms with van der Waals surface area (Å²) in [6.07, 6.45) is 9.89. The van der Waals surface area contributed by atoms with Crippen LogP contribution >= 0.6 is 0 Å². The number of methoxy groups -OCH3 is 1. The molecule has 0 fully saturated rings. The minimum atomic E-state index is -0.335. The van der Waals surface area contributed by atoms with E-state index in [0.29, 0.717) is 13.2 Å². The van der Waals surface area contributed by atoms with E-state index >= 15 is 0 Å². The van der Waals surface area contributed by atoms with Crippen molar-refractivity contribution in [1.29, 1.82) is 0 Å². The summed E-state index contributed by atoms with van der Waals surface area (Å²) in [6.45, 7) is 2.97. The maximum absolute atomic E-state index is 11.3. The number of amides is 1. The molecule has 0 saturated carbocycles. The third-order valence-electron chi connectivity index (χ3n) is 2.85. The number of nitrogens with one attached hydrogen (secondary N) is 1. The van der Waals surface area contributed by atoms with Crippen LogP contribution < -0.4 is 5.32 Å². The largest absolute Gasteiger partial charge is 0.445 e. The number of rotatable bonds is 1. The molecule has 1 atom stereocenters. The molecule has 102 valence electrons. The summed E-state index contributed by atoms with van der Waals surface area (Å²) in [6, 6.07) is 0. The second-order valence-electron chi connectivity index (χ2n) is 4.48. The van der Waals surface area contributed by atoms with Crippen LogP contribution in [0.1, 0.15) is 32.6 Å². The number of ether oxygens (including phenoxy) is 2. The van der Waals surface area contributed by atoms with Crippen molar-refractivity contribution in [2.75, 3.05) is 20.3 Å². The summed E-state index contributed by atoms with van der Waals surface area (Å²) in [4.78, 5) is 11.3. The highest BCUT2D eigenvalue weighted by molar-refractivity contribution is 5.67. The van der Waals surface area contributed by atoms with Crippen molar-refractivity contribution >= 4 is 6.09 Å². The van der Waals surface area contributed by atoms with Gasteiger partial charge in [-0.1, -0.05) is 18.2 Å². The van der Waals surface area contributed by atoms with Crippen LogP contribution in [-0.4, -0.2) is 32.5 Å². The number of cyclic esters (lactones) is 1. The predicted molar refractivity (Wildman–Crippen MR) is 71.5 cm³/mol. The van der Waals surface area contributed by atoms with Gasteiger partial charge in [0.25, 0.3) is 0 Å². The second-order valence-corrected chi connectivity index (χ2v) is 4.48. The predicted octanol–water partition coefficient (Wildman–Crippen LogP) is 2.80. The van der Waals surface area contributed by atoms with Gasteiger partial charge in [-0.05, 0) is 38.2 Å². The van der Waals surface area contributed by atoms with E-state index in [9.17, 15) is 4.79 Å². The van der Waals surface area contributed by atoms with E-state index in [2.05, 4.69) is 23.5 Å². The highest BCUT2D eigenvalue weighted by Gasteiger charge is 2.04. The first-order valence-corrected chi connectivity index (χ1v) is 6.48. The first-order valence-electron chi connectivity index (χ1n) is 6.48. The fourth-order valence-corrected chi connectivity index (χ4v) is 1.73. The van der Waals surface area contributed by atoms with Crippen LogP contribution in [0.15, 0.2) is 23.8 Å². The maximum Gasteiger partial charge on any atom is 0.407 e. The van der Waals surface area contributed by atoms with Gasteiger partial charge in [0, 0.05) is 13.7 Å². The monoisotopic (exact) mass is 253 g/mol. The lowest BCUT2D eigenvalue weighted by atomic mass is 10.1. The molecular weight excluding hydrogens is 230 g/mol. The lowest BCUT2D eigenvalue weighted by Crippen LogP contribution is -2.25. The van der Waals surface area contributed by atoms with Crippen LogP contribution in [0.25, 0.3) is 0 Å². The topological polar surface area (TPSA) is 47.6 Å². The van der Waals surface area contributed by atoms with Crippen molar-refractivity contribution in [1.82, 2.24) is 5.32 Å². The van der Waals surface area contributed by atoms with Crippen LogP contribution in [0.5, 0.6) is 0 Å². The molecule has 1 aliphatic heterocycles. The van der Waals surface area contributed by atoms with Crippen molar-refractivity contribution in [3.63, 3.8) is 0 Å². The summed E-state index contributed by atoms with van der Waals surface area (Å²) in [5.74, 6) is 0. The molecule has 1 N–H and O–H groups in total. The molecule has 18 heavy (non-hydrogen) atoms. The third-order valence-corrected chi connectivity index (χ3v) is 2.85. The molecule has 0 aromatic heterocycles. The molecule has 0 radical (unpaired) electrons. The molecule has 0 saturated heterocycles. The van der Waals surface area contributed by atoms with Crippen molar-refractivity contribution in [2.24, 2.45) is 0 Å². The molecule has 4 heteroatoms. The smallest absolute Gasteiger partial charge is 0.407 e. The Morgan fingerprint density at radius 3 is 3.06 bits per heavy atom. The summed E-state index contributed by atoms with van der Waals surface area (Å²) in [5.41, 5.74) is 1.07. The quantitative estimate of drug-likeness (QED) is 0.731. The molecule has 1 rings (SSSR count). The summed E-state index contributed by atoms with van der Waals surface area (Å²) in [5, 5.41) is 2.73. The van der Waals surface area contributed by atoms with Gasteiger partial charge in [0.15, 0.2) is 0 Å². The highest BCUT2D eigenvalue weighted by atomic mass is 16.5. The van der Waals surface area contributed by atoms with Crippen LogP contribution in [0.2, 0.25) is 0 Å². The van der Waals surface area contributed by atoms with Crippen molar-refractivity contribution in [3.8, 4) is 0 Å². The number of allylic oxidation sites excluding steroid dienone is 2. The molecule has 1 heterocycles. The zero-order valence-corrected chi connectivity index (χ0v) is 11.3. The van der Waals surface area contributed by atoms with Crippen LogP contribution in [0.3, 0.4) is 0 Å². The fourth-order valence-electron chi connectivity index (χ4n) is 1.73. The van der Waals surface area contributed by atoms with Gasteiger partial charge in [0.05, 0.1) is 6.10 Å². The Morgan fingerprint density at radius 1 is 1.44 bits per heavy atom. The Hall–Kier alpha value is -1.29. The van der Waals surface area contributed by atoms with Crippen molar-refractivity contribution in [3.05, 3.63) is 23.8 Å². The van der Waals surface area contributed by atoms with Gasteiger partial charge >= 0.3 is 6.09 Å². The Bertz CT molecular complexity index is 310. The zero-order chi connectivity index (χ0) is 13.2. The highest BCUT2D eigenvalue weighted by Crippen LogP contribution is 2.08. The number of hydrogen-bond donors (Lipinski definition) is 1. The molecule has 1 unspecified atom stereocenters. The van der Waals surface area contributed by atoms with E-state index in [1.165, 1.54) is 0 Å². The van der Waals surface area contributed by atoms with Crippen LogP contribution in [0.4, 0.5) is 4.79 Å². The van der Waals surface area contributed by atoms with Gasteiger partial charge in [-0.2, -0.15) is 0 Å². The summed E-state index contributed by atoms with van der Waals surface area (Å²) >= 11 is 0. The molecule has 0 bridgehead atoms. The molecule has 4 nitrogen and oxygen atoms in total. The first-order chi connectivity index (χ1) is 8.72.